The molecule has 3 atom stereocenters. The van der Waals surface area contributed by atoms with Crippen LogP contribution in [0.5, 0.6) is 0 Å². The van der Waals surface area contributed by atoms with Crippen LogP contribution in [-0.2, 0) is 16.1 Å². The Morgan fingerprint density at radius 2 is 1.85 bits per heavy atom. The number of nitrogens with one attached hydrogen (secondary N) is 1. The lowest BCUT2D eigenvalue weighted by Gasteiger charge is -2.55. The van der Waals surface area contributed by atoms with Gasteiger partial charge >= 0.3 is 6.03 Å². The van der Waals surface area contributed by atoms with Crippen molar-refractivity contribution in [1.82, 2.24) is 25.1 Å². The van der Waals surface area contributed by atoms with Gasteiger partial charge in [0.1, 0.15) is 12.2 Å². The molecule has 2 heterocycles. The van der Waals surface area contributed by atoms with Crippen LogP contribution in [0.15, 0.2) is 30.3 Å². The maximum atomic E-state index is 13.6. The number of benzene rings is 1. The van der Waals surface area contributed by atoms with Crippen LogP contribution >= 0.6 is 0 Å². The van der Waals surface area contributed by atoms with Gasteiger partial charge in [0.05, 0.1) is 13.1 Å². The van der Waals surface area contributed by atoms with Gasteiger partial charge in [0.25, 0.3) is 0 Å². The minimum absolute atomic E-state index is 0.00347. The lowest BCUT2D eigenvalue weighted by atomic mass is 9.93. The van der Waals surface area contributed by atoms with E-state index in [-0.39, 0.29) is 30.3 Å². The molecule has 1 aromatic rings. The fraction of sp³-hybridized carbons (Fsp3) is 0.654. The van der Waals surface area contributed by atoms with E-state index in [0.717, 1.165) is 31.2 Å². The molecule has 2 unspecified atom stereocenters. The number of nitrogens with zero attached hydrogens (tertiary/aromatic N) is 4. The van der Waals surface area contributed by atoms with Crippen LogP contribution in [0.4, 0.5) is 4.79 Å². The van der Waals surface area contributed by atoms with Crippen LogP contribution < -0.4 is 5.32 Å². The number of carbonyl (C=O) groups excluding carboxylic acids is 3. The minimum Gasteiger partial charge on any atom is -0.337 e. The summed E-state index contributed by atoms with van der Waals surface area (Å²) >= 11 is 0. The van der Waals surface area contributed by atoms with Gasteiger partial charge in [0, 0.05) is 20.1 Å². The topological polar surface area (TPSA) is 76.2 Å². The minimum atomic E-state index is -0.562. The third kappa shape index (κ3) is 5.71. The van der Waals surface area contributed by atoms with Crippen LogP contribution in [0, 0.1) is 11.8 Å². The highest BCUT2D eigenvalue weighted by Crippen LogP contribution is 2.30. The molecule has 1 aromatic carbocycles. The van der Waals surface area contributed by atoms with Gasteiger partial charge in [-0.05, 0) is 23.8 Å². The van der Waals surface area contributed by atoms with Gasteiger partial charge in [-0.25, -0.2) is 14.8 Å². The Kier molecular flexibility index (Phi) is 8.94. The predicted octanol–water partition coefficient (Wildman–Crippen LogP) is 3.30. The fourth-order valence-electron chi connectivity index (χ4n) is 5.11. The normalized spacial score (nSPS) is 22.2. The molecule has 2 aliphatic rings. The number of urea groups is 1. The van der Waals surface area contributed by atoms with E-state index in [1.807, 2.05) is 49.1 Å². The highest BCUT2D eigenvalue weighted by atomic mass is 16.2. The molecule has 4 amide bonds. The van der Waals surface area contributed by atoms with Gasteiger partial charge < -0.3 is 15.1 Å². The predicted molar refractivity (Wildman–Crippen MR) is 132 cm³/mol. The first-order valence-electron chi connectivity index (χ1n) is 12.7. The first-order valence-corrected chi connectivity index (χ1v) is 12.7. The van der Waals surface area contributed by atoms with E-state index in [1.165, 1.54) is 0 Å². The zero-order chi connectivity index (χ0) is 24.8. The fourth-order valence-corrected chi connectivity index (χ4v) is 5.11. The zero-order valence-electron chi connectivity index (χ0n) is 21.4. The molecule has 8 nitrogen and oxygen atoms in total. The number of unbranched alkanes of at least 4 members (excludes halogenated alkanes) is 1. The Hall–Kier alpha value is -2.61. The molecule has 2 fully saturated rings. The van der Waals surface area contributed by atoms with E-state index in [1.54, 1.807) is 22.0 Å². The molecule has 0 aliphatic carbocycles. The number of hydrazine groups is 1. The Labute approximate surface area is 204 Å². The molecule has 188 valence electrons. The molecular weight excluding hydrogens is 430 g/mol. The average molecular weight is 472 g/mol. The van der Waals surface area contributed by atoms with Crippen molar-refractivity contribution in [1.29, 1.82) is 0 Å². The smallest absolute Gasteiger partial charge is 0.334 e. The Bertz CT molecular complexity index is 846. The maximum absolute atomic E-state index is 13.6. The Morgan fingerprint density at radius 1 is 1.15 bits per heavy atom. The molecule has 8 heteroatoms. The molecular formula is C26H41N5O3. The van der Waals surface area contributed by atoms with E-state index in [9.17, 15) is 14.4 Å². The zero-order valence-corrected chi connectivity index (χ0v) is 21.4. The molecule has 0 bridgehead atoms. The third-order valence-electron chi connectivity index (χ3n) is 7.02. The lowest BCUT2D eigenvalue weighted by molar-refractivity contribution is -0.190. The Balaban J connectivity index is 1.84. The summed E-state index contributed by atoms with van der Waals surface area (Å²) in [6, 6.07) is 8.93. The number of rotatable bonds is 9. The van der Waals surface area contributed by atoms with Crippen molar-refractivity contribution in [3.8, 4) is 0 Å². The molecule has 34 heavy (non-hydrogen) atoms. The standard InChI is InChI=1S/C26H41N5O3/c1-6-8-12-20(7-2)16-29-17-22-30(24(19(3)4)25(29)33)23(32)18-28(5)31(22)26(34)27-15-21-13-10-9-11-14-21/h9-11,13-14,19-20,22,24H,6-8,12,15-18H2,1-5H3,(H,27,34)/t20?,22?,24-/m0/s1. The lowest BCUT2D eigenvalue weighted by Crippen LogP contribution is -2.76. The van der Waals surface area contributed by atoms with Crippen molar-refractivity contribution in [3.63, 3.8) is 0 Å². The van der Waals surface area contributed by atoms with Crippen LogP contribution in [0.1, 0.15) is 58.9 Å². The second-order valence-corrected chi connectivity index (χ2v) is 9.93. The van der Waals surface area contributed by atoms with Crippen molar-refractivity contribution in [2.75, 3.05) is 26.7 Å². The summed E-state index contributed by atoms with van der Waals surface area (Å²) in [4.78, 5) is 43.6. The number of amides is 4. The summed E-state index contributed by atoms with van der Waals surface area (Å²) in [5.41, 5.74) is 1.01. The summed E-state index contributed by atoms with van der Waals surface area (Å²) in [5, 5.41) is 6.32. The number of hydrogen-bond acceptors (Lipinski definition) is 4. The molecule has 0 saturated carbocycles. The van der Waals surface area contributed by atoms with Crippen molar-refractivity contribution in [2.45, 2.75) is 72.1 Å². The molecule has 2 aliphatic heterocycles. The molecule has 0 aromatic heterocycles. The highest BCUT2D eigenvalue weighted by molar-refractivity contribution is 5.91. The molecule has 0 radical (unpaired) electrons. The molecule has 1 N–H and O–H groups in total. The van der Waals surface area contributed by atoms with Crippen molar-refractivity contribution >= 4 is 17.8 Å². The summed E-state index contributed by atoms with van der Waals surface area (Å²) in [5.74, 6) is 0.267. The maximum Gasteiger partial charge on any atom is 0.334 e. The van der Waals surface area contributed by atoms with E-state index in [4.69, 9.17) is 0 Å². The monoisotopic (exact) mass is 471 g/mol. The first kappa shape index (κ1) is 26.0. The average Bonchev–Trinajstić information content (AvgIpc) is 2.81. The molecule has 0 spiro atoms. The second-order valence-electron chi connectivity index (χ2n) is 9.93. The number of hydrogen-bond donors (Lipinski definition) is 1. The summed E-state index contributed by atoms with van der Waals surface area (Å²) in [7, 11) is 1.76. The SMILES string of the molecule is CCCCC(CC)CN1CC2N(C(=O)CN(C)N2C(=O)NCc2ccccc2)[C@@H](C(C)C)C1=O. The van der Waals surface area contributed by atoms with Gasteiger partial charge in [-0.3, -0.25) is 9.59 Å². The summed E-state index contributed by atoms with van der Waals surface area (Å²) in [6.45, 7) is 9.77. The number of likely N-dealkylation sites (N-methyl/N-ethyl adjacent to an activating group) is 1. The first-order chi connectivity index (χ1) is 16.3. The van der Waals surface area contributed by atoms with Gasteiger partial charge in [-0.2, -0.15) is 0 Å². The summed E-state index contributed by atoms with van der Waals surface area (Å²) < 4.78 is 0. The second kappa shape index (κ2) is 11.7. The van der Waals surface area contributed by atoms with Gasteiger partial charge in [-0.1, -0.05) is 77.3 Å². The summed E-state index contributed by atoms with van der Waals surface area (Å²) in [6.07, 6.45) is 3.83. The van der Waals surface area contributed by atoms with Gasteiger partial charge in [-0.15, -0.1) is 0 Å². The van der Waals surface area contributed by atoms with Crippen molar-refractivity contribution in [3.05, 3.63) is 35.9 Å². The highest BCUT2D eigenvalue weighted by Gasteiger charge is 2.51. The van der Waals surface area contributed by atoms with Crippen molar-refractivity contribution < 1.29 is 14.4 Å². The van der Waals surface area contributed by atoms with E-state index in [0.29, 0.717) is 25.6 Å². The van der Waals surface area contributed by atoms with Crippen LogP contribution in [0.2, 0.25) is 0 Å². The van der Waals surface area contributed by atoms with Crippen molar-refractivity contribution in [2.24, 2.45) is 11.8 Å². The Morgan fingerprint density at radius 3 is 2.47 bits per heavy atom. The largest absolute Gasteiger partial charge is 0.337 e. The number of fused-ring (bicyclic) bond motifs is 1. The van der Waals surface area contributed by atoms with Crippen LogP contribution in [0.3, 0.4) is 0 Å². The molecule has 3 rings (SSSR count). The third-order valence-corrected chi connectivity index (χ3v) is 7.02. The van der Waals surface area contributed by atoms with Crippen LogP contribution in [-0.4, -0.2) is 76.6 Å². The van der Waals surface area contributed by atoms with Crippen LogP contribution in [0.25, 0.3) is 0 Å². The van der Waals surface area contributed by atoms with Gasteiger partial charge in [0.15, 0.2) is 0 Å². The molecule has 2 saturated heterocycles. The van der Waals surface area contributed by atoms with Gasteiger partial charge in [0.2, 0.25) is 11.8 Å². The van der Waals surface area contributed by atoms with E-state index >= 15 is 0 Å². The quantitative estimate of drug-likeness (QED) is 0.600. The number of carbonyl (C=O) groups is 3. The number of piperazine rings is 1. The van der Waals surface area contributed by atoms with E-state index in [2.05, 4.69) is 19.2 Å². The van der Waals surface area contributed by atoms with E-state index < -0.39 is 12.2 Å².